The van der Waals surface area contributed by atoms with Crippen LogP contribution >= 0.6 is 11.6 Å². The Morgan fingerprint density at radius 3 is 3.00 bits per heavy atom. The van der Waals surface area contributed by atoms with Gasteiger partial charge in [-0.2, -0.15) is 0 Å². The van der Waals surface area contributed by atoms with Gasteiger partial charge in [-0.1, -0.05) is 29.7 Å². The van der Waals surface area contributed by atoms with Crippen LogP contribution in [-0.2, 0) is 0 Å². The summed E-state index contributed by atoms with van der Waals surface area (Å²) in [6.07, 6.45) is -1.22. The summed E-state index contributed by atoms with van der Waals surface area (Å²) in [5.74, 6) is 0. The minimum absolute atomic E-state index is 0.406. The highest BCUT2D eigenvalue weighted by Gasteiger charge is 1.92. The van der Waals surface area contributed by atoms with Gasteiger partial charge in [0.2, 0.25) is 0 Å². The van der Waals surface area contributed by atoms with Crippen LogP contribution in [0.3, 0.4) is 0 Å². The normalized spacial score (nSPS) is 16.8. The summed E-state index contributed by atoms with van der Waals surface area (Å²) < 4.78 is 35.8. The maximum atomic E-state index is 10.7. The van der Waals surface area contributed by atoms with Crippen molar-refractivity contribution in [1.29, 1.82) is 0 Å². The number of rotatable bonds is 1. The van der Waals surface area contributed by atoms with Crippen LogP contribution in [0.4, 0.5) is 0 Å². The molecule has 0 fully saturated rings. The number of benzene rings is 1. The van der Waals surface area contributed by atoms with E-state index in [2.05, 4.69) is 0 Å². The Labute approximate surface area is 65.3 Å². The van der Waals surface area contributed by atoms with Gasteiger partial charge in [-0.3, -0.25) is 4.79 Å². The highest BCUT2D eigenvalue weighted by Crippen LogP contribution is 2.11. The maximum absolute atomic E-state index is 10.7. The smallest absolute Gasteiger partial charge is 0.151 e. The van der Waals surface area contributed by atoms with Gasteiger partial charge >= 0.3 is 0 Å². The van der Waals surface area contributed by atoms with E-state index in [0.29, 0.717) is 0 Å². The van der Waals surface area contributed by atoms with Crippen molar-refractivity contribution in [1.82, 2.24) is 0 Å². The van der Waals surface area contributed by atoms with Crippen molar-refractivity contribution < 1.29 is 11.6 Å². The molecule has 1 nitrogen and oxygen atoms in total. The van der Waals surface area contributed by atoms with Crippen molar-refractivity contribution in [3.05, 3.63) is 34.8 Å². The molecular formula is C7H5ClO. The average Bonchev–Trinajstić information content (AvgIpc) is 2.11. The molecule has 0 heterocycles. The Balaban J connectivity index is 3.68. The van der Waals surface area contributed by atoms with E-state index in [0.717, 1.165) is 0 Å². The van der Waals surface area contributed by atoms with Gasteiger partial charge in [-0.05, 0) is 6.04 Å². The molecule has 0 saturated heterocycles. The first-order chi connectivity index (χ1) is 6.37. The Hall–Kier alpha value is -0.820. The molecular weight excluding hydrogens is 136 g/mol. The third kappa shape index (κ3) is 1.30. The Bertz CT molecular complexity index is 388. The first kappa shape index (κ1) is 2.43. The number of carbonyl (C=O) groups is 1. The quantitative estimate of drug-likeness (QED) is 0.554. The molecule has 0 radical (unpaired) electrons. The summed E-state index contributed by atoms with van der Waals surface area (Å²) >= 11 is 5.52. The fraction of sp³-hybridized carbons (Fsp3) is 0. The number of halogens is 1. The molecule has 46 valence electrons. The average molecular weight is 146 g/mol. The predicted octanol–water partition coefficient (Wildman–Crippen LogP) is 2.15. The summed E-state index contributed by atoms with van der Waals surface area (Å²) in [6.45, 7) is 0. The summed E-state index contributed by atoms with van der Waals surface area (Å²) in [4.78, 5) is 10.7. The van der Waals surface area contributed by atoms with Crippen molar-refractivity contribution in [3.63, 3.8) is 0 Å². The van der Waals surface area contributed by atoms with Crippen LogP contribution in [0.5, 0.6) is 0 Å². The van der Waals surface area contributed by atoms with Gasteiger partial charge < -0.3 is 0 Å². The fourth-order valence-corrected chi connectivity index (χ4v) is 0.501. The molecule has 0 aromatic heterocycles. The van der Waals surface area contributed by atoms with Crippen LogP contribution < -0.4 is 0 Å². The molecule has 0 aliphatic rings. The van der Waals surface area contributed by atoms with Crippen LogP contribution in [0, 0.1) is 0 Å². The maximum Gasteiger partial charge on any atom is 0.151 e. The molecule has 0 spiro atoms. The monoisotopic (exact) mass is 145 g/mol. The van der Waals surface area contributed by atoms with Gasteiger partial charge in [-0.25, -0.2) is 0 Å². The molecule has 0 N–H and O–H groups in total. The topological polar surface area (TPSA) is 17.1 Å². The Morgan fingerprint density at radius 2 is 2.33 bits per heavy atom. The van der Waals surface area contributed by atoms with Crippen LogP contribution in [0.15, 0.2) is 24.2 Å². The Kier molecular flexibility index (Phi) is 0.714. The van der Waals surface area contributed by atoms with Crippen LogP contribution in [-0.4, -0.2) is 6.26 Å². The second kappa shape index (κ2) is 2.65. The zero-order valence-electron chi connectivity index (χ0n) is 9.29. The van der Waals surface area contributed by atoms with Gasteiger partial charge in [0, 0.05) is 5.56 Å². The first-order valence-electron chi connectivity index (χ1n) is 4.64. The largest absolute Gasteiger partial charge is 0.298 e. The molecule has 0 aliphatic carbocycles. The summed E-state index contributed by atoms with van der Waals surface area (Å²) in [5.41, 5.74) is -0.488. The summed E-state index contributed by atoms with van der Waals surface area (Å²) in [5, 5.41) is -0.406. The van der Waals surface area contributed by atoms with E-state index in [1.54, 1.807) is 0 Å². The van der Waals surface area contributed by atoms with E-state index in [1.807, 2.05) is 0 Å². The SMILES string of the molecule is [2H]C(=O)c1c([2H])c([2H])c([2H])c([2H])c1Cl. The summed E-state index contributed by atoms with van der Waals surface area (Å²) in [6, 6.07) is -2.14. The first-order valence-corrected chi connectivity index (χ1v) is 2.52. The fourth-order valence-electron chi connectivity index (χ4n) is 0.368. The zero-order chi connectivity index (χ0) is 11.0. The molecule has 0 bridgehead atoms. The lowest BCUT2D eigenvalue weighted by molar-refractivity contribution is 0.112. The summed E-state index contributed by atoms with van der Waals surface area (Å²) in [7, 11) is 0. The Morgan fingerprint density at radius 1 is 1.67 bits per heavy atom. The zero-order valence-corrected chi connectivity index (χ0v) is 5.04. The molecule has 0 unspecified atom stereocenters. The standard InChI is InChI=1S/C7H5ClO/c8-7-4-2-1-3-6(7)5-9/h1-5H/i1D,2D,3D,4D,5D. The van der Waals surface area contributed by atoms with Crippen LogP contribution in [0.25, 0.3) is 0 Å². The molecule has 0 atom stereocenters. The lowest BCUT2D eigenvalue weighted by atomic mass is 10.2. The third-order valence-electron chi connectivity index (χ3n) is 0.744. The lowest BCUT2D eigenvalue weighted by Gasteiger charge is -1.90. The van der Waals surface area contributed by atoms with Crippen LogP contribution in [0.2, 0.25) is 5.02 Å². The minimum Gasteiger partial charge on any atom is -0.298 e. The van der Waals surface area contributed by atoms with E-state index in [4.69, 9.17) is 18.5 Å². The minimum atomic E-state index is -1.22. The second-order valence-electron chi connectivity index (χ2n) is 1.29. The van der Waals surface area contributed by atoms with Gasteiger partial charge in [0.05, 0.1) is 10.5 Å². The second-order valence-corrected chi connectivity index (χ2v) is 1.67. The molecule has 1 rings (SSSR count). The number of aldehydes is 1. The van der Waals surface area contributed by atoms with Crippen molar-refractivity contribution in [2.24, 2.45) is 0 Å². The molecule has 2 heteroatoms. The molecule has 1 aromatic carbocycles. The van der Waals surface area contributed by atoms with Crippen molar-refractivity contribution in [2.75, 3.05) is 0 Å². The predicted molar refractivity (Wildman–Crippen MR) is 36.8 cm³/mol. The molecule has 9 heavy (non-hydrogen) atoms. The van der Waals surface area contributed by atoms with Crippen molar-refractivity contribution in [2.45, 2.75) is 0 Å². The lowest BCUT2D eigenvalue weighted by Crippen LogP contribution is -1.77. The number of hydrogen-bond donors (Lipinski definition) is 0. The molecule has 0 aliphatic heterocycles. The van der Waals surface area contributed by atoms with E-state index in [1.165, 1.54) is 0 Å². The molecule has 0 amide bonds. The van der Waals surface area contributed by atoms with E-state index < -0.39 is 41.0 Å². The van der Waals surface area contributed by atoms with Gasteiger partial charge in [0.25, 0.3) is 0 Å². The number of carbonyl (C=O) groups excluding carboxylic acids is 1. The van der Waals surface area contributed by atoms with Gasteiger partial charge in [-0.15, -0.1) is 0 Å². The van der Waals surface area contributed by atoms with Crippen molar-refractivity contribution in [3.8, 4) is 0 Å². The van der Waals surface area contributed by atoms with Crippen LogP contribution in [0.1, 0.15) is 17.2 Å². The third-order valence-corrected chi connectivity index (χ3v) is 1.03. The van der Waals surface area contributed by atoms with Crippen molar-refractivity contribution >= 4 is 17.9 Å². The molecule has 0 saturated carbocycles. The van der Waals surface area contributed by atoms with E-state index >= 15 is 0 Å². The van der Waals surface area contributed by atoms with E-state index in [-0.39, 0.29) is 0 Å². The van der Waals surface area contributed by atoms with Gasteiger partial charge in [0.15, 0.2) is 6.26 Å². The molecule has 1 aromatic rings. The van der Waals surface area contributed by atoms with Gasteiger partial charge in [0.1, 0.15) is 1.37 Å². The number of hydrogen-bond acceptors (Lipinski definition) is 1. The van der Waals surface area contributed by atoms with E-state index in [9.17, 15) is 4.79 Å². The highest BCUT2D eigenvalue weighted by molar-refractivity contribution is 6.32. The highest BCUT2D eigenvalue weighted by atomic mass is 35.5.